The van der Waals surface area contributed by atoms with Gasteiger partial charge in [0.05, 0.1) is 0 Å². The normalized spacial score (nSPS) is 23.5. The first-order valence-corrected chi connectivity index (χ1v) is 8.67. The fourth-order valence-corrected chi connectivity index (χ4v) is 3.40. The van der Waals surface area contributed by atoms with Gasteiger partial charge in [0.15, 0.2) is 0 Å². The summed E-state index contributed by atoms with van der Waals surface area (Å²) < 4.78 is 5.63. The zero-order chi connectivity index (χ0) is 17.8. The van der Waals surface area contributed by atoms with Crippen LogP contribution in [0.15, 0.2) is 0 Å². The molecule has 24 heavy (non-hydrogen) atoms. The van der Waals surface area contributed by atoms with Gasteiger partial charge >= 0.3 is 12.3 Å². The van der Waals surface area contributed by atoms with E-state index in [1.807, 2.05) is 0 Å². The van der Waals surface area contributed by atoms with Crippen LogP contribution in [0.4, 0.5) is 9.59 Å². The van der Waals surface area contributed by atoms with Crippen LogP contribution in [0.3, 0.4) is 0 Å². The molecule has 1 fully saturated rings. The summed E-state index contributed by atoms with van der Waals surface area (Å²) in [5.41, 5.74) is -0.558. The molecular formula is C16H28O8. The maximum Gasteiger partial charge on any atom is 0.543 e. The predicted octanol–water partition coefficient (Wildman–Crippen LogP) is 4.92. The van der Waals surface area contributed by atoms with Crippen LogP contribution in [0.2, 0.25) is 0 Å². The molecule has 0 saturated heterocycles. The molecular weight excluding hydrogens is 320 g/mol. The van der Waals surface area contributed by atoms with Crippen LogP contribution in [0.1, 0.15) is 78.1 Å². The molecule has 0 amide bonds. The first-order valence-electron chi connectivity index (χ1n) is 8.67. The lowest BCUT2D eigenvalue weighted by Crippen LogP contribution is -2.45. The van der Waals surface area contributed by atoms with E-state index in [1.165, 1.54) is 0 Å². The van der Waals surface area contributed by atoms with Gasteiger partial charge in [-0.25, -0.2) is 19.4 Å². The van der Waals surface area contributed by atoms with E-state index in [0.29, 0.717) is 5.92 Å². The summed E-state index contributed by atoms with van der Waals surface area (Å²) >= 11 is 0. The number of hydrogen-bond acceptors (Lipinski definition) is 7. The maximum absolute atomic E-state index is 11.9. The summed E-state index contributed by atoms with van der Waals surface area (Å²) in [6.45, 7) is 4.23. The zero-order valence-corrected chi connectivity index (χ0v) is 14.5. The lowest BCUT2D eigenvalue weighted by Gasteiger charge is -2.43. The Kier molecular flexibility index (Phi) is 9.48. The average Bonchev–Trinajstić information content (AvgIpc) is 2.56. The smallest absolute Gasteiger partial charge is 0.448 e. The molecule has 8 heteroatoms. The first kappa shape index (κ1) is 20.5. The van der Waals surface area contributed by atoms with Crippen LogP contribution >= 0.6 is 0 Å². The SMILES string of the molecule is CCCCC1CCCCC1(CCCC)OC(=O)OOOOC(=O)O. The Balaban J connectivity index is 2.63. The molecule has 8 nitrogen and oxygen atoms in total. The van der Waals surface area contributed by atoms with Crippen LogP contribution in [0.25, 0.3) is 0 Å². The van der Waals surface area contributed by atoms with Gasteiger partial charge in [-0.1, -0.05) is 39.5 Å². The number of carbonyl (C=O) groups is 2. The van der Waals surface area contributed by atoms with Crippen LogP contribution in [0, 0.1) is 5.92 Å². The topological polar surface area (TPSA) is 101 Å². The van der Waals surface area contributed by atoms with Crippen LogP contribution in [-0.4, -0.2) is 23.0 Å². The van der Waals surface area contributed by atoms with Crippen molar-refractivity contribution >= 4 is 12.3 Å². The van der Waals surface area contributed by atoms with Crippen molar-refractivity contribution in [3.8, 4) is 0 Å². The van der Waals surface area contributed by atoms with Gasteiger partial charge in [-0.2, -0.15) is 0 Å². The monoisotopic (exact) mass is 348 g/mol. The molecule has 1 saturated carbocycles. The van der Waals surface area contributed by atoms with Crippen LogP contribution in [-0.2, 0) is 24.6 Å². The Morgan fingerprint density at radius 3 is 2.46 bits per heavy atom. The van der Waals surface area contributed by atoms with Crippen molar-refractivity contribution in [2.45, 2.75) is 83.7 Å². The van der Waals surface area contributed by atoms with Gasteiger partial charge in [-0.15, -0.1) is 0 Å². The molecule has 1 N–H and O–H groups in total. The standard InChI is InChI=1S/C16H28O8/c1-3-5-9-13-10-7-8-12-16(13,11-6-4-2)20-15(19)22-24-23-21-14(17)18/h13H,3-12H2,1-2H3,(H,17,18). The Labute approximate surface area is 142 Å². The van der Waals surface area contributed by atoms with Gasteiger partial charge < -0.3 is 9.84 Å². The van der Waals surface area contributed by atoms with Crippen molar-refractivity contribution in [1.29, 1.82) is 0 Å². The summed E-state index contributed by atoms with van der Waals surface area (Å²) in [7, 11) is 0. The molecule has 0 aromatic heterocycles. The molecule has 140 valence electrons. The Morgan fingerprint density at radius 1 is 1.08 bits per heavy atom. The van der Waals surface area contributed by atoms with E-state index in [9.17, 15) is 9.59 Å². The van der Waals surface area contributed by atoms with Crippen molar-refractivity contribution in [2.24, 2.45) is 5.92 Å². The van der Waals surface area contributed by atoms with Crippen LogP contribution in [0.5, 0.6) is 0 Å². The average molecular weight is 348 g/mol. The van der Waals surface area contributed by atoms with Gasteiger partial charge in [-0.3, -0.25) is 0 Å². The van der Waals surface area contributed by atoms with Crippen molar-refractivity contribution in [3.05, 3.63) is 0 Å². The molecule has 0 aromatic carbocycles. The summed E-state index contributed by atoms with van der Waals surface area (Å²) in [5, 5.41) is 15.9. The van der Waals surface area contributed by atoms with Crippen molar-refractivity contribution in [2.75, 3.05) is 0 Å². The van der Waals surface area contributed by atoms with E-state index in [1.54, 1.807) is 0 Å². The van der Waals surface area contributed by atoms with Gasteiger partial charge in [0.25, 0.3) is 0 Å². The lowest BCUT2D eigenvalue weighted by molar-refractivity contribution is -0.601. The van der Waals surface area contributed by atoms with E-state index in [0.717, 1.165) is 64.2 Å². The molecule has 1 rings (SSSR count). The molecule has 0 heterocycles. The summed E-state index contributed by atoms with van der Waals surface area (Å²) in [6, 6.07) is 0. The van der Waals surface area contributed by atoms with Gasteiger partial charge in [0, 0.05) is 10.1 Å². The van der Waals surface area contributed by atoms with E-state index >= 15 is 0 Å². The number of hydrogen-bond donors (Lipinski definition) is 1. The van der Waals surface area contributed by atoms with Crippen molar-refractivity contribution in [1.82, 2.24) is 0 Å². The third-order valence-electron chi connectivity index (χ3n) is 4.53. The van der Waals surface area contributed by atoms with Crippen LogP contribution < -0.4 is 0 Å². The highest BCUT2D eigenvalue weighted by molar-refractivity contribution is 5.59. The second kappa shape index (κ2) is 11.1. The minimum absolute atomic E-state index is 0.293. The summed E-state index contributed by atoms with van der Waals surface area (Å²) in [5.74, 6) is 0.293. The number of unbranched alkanes of at least 4 members (excludes halogenated alkanes) is 2. The molecule has 0 spiro atoms. The minimum Gasteiger partial charge on any atom is -0.448 e. The Morgan fingerprint density at radius 2 is 1.79 bits per heavy atom. The van der Waals surface area contributed by atoms with Crippen molar-refractivity contribution in [3.63, 3.8) is 0 Å². The van der Waals surface area contributed by atoms with E-state index < -0.39 is 17.9 Å². The third-order valence-corrected chi connectivity index (χ3v) is 4.53. The van der Waals surface area contributed by atoms with Gasteiger partial charge in [-0.05, 0) is 44.4 Å². The van der Waals surface area contributed by atoms with E-state index in [4.69, 9.17) is 9.84 Å². The second-order valence-electron chi connectivity index (χ2n) is 6.17. The largest absolute Gasteiger partial charge is 0.543 e. The van der Waals surface area contributed by atoms with E-state index in [2.05, 4.69) is 33.7 Å². The number of ether oxygens (including phenoxy) is 1. The molecule has 0 bridgehead atoms. The fourth-order valence-electron chi connectivity index (χ4n) is 3.40. The highest BCUT2D eigenvalue weighted by Crippen LogP contribution is 2.43. The van der Waals surface area contributed by atoms with Gasteiger partial charge in [0.1, 0.15) is 5.60 Å². The number of rotatable bonds is 10. The molecule has 2 unspecified atom stereocenters. The summed E-state index contributed by atoms with van der Waals surface area (Å²) in [4.78, 5) is 29.9. The molecule has 1 aliphatic rings. The van der Waals surface area contributed by atoms with Crippen molar-refractivity contribution < 1.29 is 39.3 Å². The molecule has 0 aromatic rings. The number of carboxylic acid groups (broad SMARTS) is 1. The molecule has 1 aliphatic carbocycles. The Bertz CT molecular complexity index is 386. The number of carbonyl (C=O) groups excluding carboxylic acids is 1. The van der Waals surface area contributed by atoms with E-state index in [-0.39, 0.29) is 0 Å². The fraction of sp³-hybridized carbons (Fsp3) is 0.875. The molecule has 0 radical (unpaired) electrons. The summed E-state index contributed by atoms with van der Waals surface area (Å²) in [6.07, 6.45) is 7.10. The third kappa shape index (κ3) is 6.92. The zero-order valence-electron chi connectivity index (χ0n) is 14.5. The minimum atomic E-state index is -1.72. The first-order chi connectivity index (χ1) is 11.5. The second-order valence-corrected chi connectivity index (χ2v) is 6.17. The predicted molar refractivity (Wildman–Crippen MR) is 82.6 cm³/mol. The Hall–Kier alpha value is -1.54. The quantitative estimate of drug-likeness (QED) is 0.257. The highest BCUT2D eigenvalue weighted by atomic mass is 17.7. The maximum atomic E-state index is 11.9. The molecule has 2 atom stereocenters. The highest BCUT2D eigenvalue weighted by Gasteiger charge is 2.44. The molecule has 0 aliphatic heterocycles. The van der Waals surface area contributed by atoms with Gasteiger partial charge in [0.2, 0.25) is 0 Å². The lowest BCUT2D eigenvalue weighted by atomic mass is 9.70.